The van der Waals surface area contributed by atoms with Gasteiger partial charge < -0.3 is 4.74 Å². The fourth-order valence-electron chi connectivity index (χ4n) is 3.21. The van der Waals surface area contributed by atoms with Crippen LogP contribution in [0, 0.1) is 13.8 Å². The minimum Gasteiger partial charge on any atom is -0.457 e. The maximum absolute atomic E-state index is 11.6. The van der Waals surface area contributed by atoms with Crippen molar-refractivity contribution in [1.29, 1.82) is 0 Å². The molecule has 144 valence electrons. The molecule has 1 aliphatic rings. The van der Waals surface area contributed by atoms with Crippen LogP contribution in [0.25, 0.3) is 17.2 Å². The third-order valence-electron chi connectivity index (χ3n) is 4.58. The van der Waals surface area contributed by atoms with Crippen LogP contribution in [-0.4, -0.2) is 11.1 Å². The van der Waals surface area contributed by atoms with E-state index in [1.807, 2.05) is 42.5 Å². The zero-order valence-electron chi connectivity index (χ0n) is 16.1. The van der Waals surface area contributed by atoms with E-state index in [1.165, 1.54) is 16.7 Å². The summed E-state index contributed by atoms with van der Waals surface area (Å²) >= 11 is 0.907. The summed E-state index contributed by atoms with van der Waals surface area (Å²) in [5.74, 6) is 1.10. The Morgan fingerprint density at radius 1 is 0.897 bits per heavy atom. The zero-order chi connectivity index (χ0) is 20.4. The van der Waals surface area contributed by atoms with E-state index < -0.39 is 0 Å². The Hall–Kier alpha value is -3.31. The topological polar surface area (TPSA) is 55.4 Å². The summed E-state index contributed by atoms with van der Waals surface area (Å²) < 4.78 is 6.01. The maximum atomic E-state index is 11.6. The summed E-state index contributed by atoms with van der Waals surface area (Å²) in [5, 5.41) is 1.91. The van der Waals surface area contributed by atoms with Gasteiger partial charge in [0.2, 0.25) is 0 Å². The maximum Gasteiger partial charge on any atom is 0.290 e. The lowest BCUT2D eigenvalue weighted by Gasteiger charge is -2.10. The molecule has 1 heterocycles. The van der Waals surface area contributed by atoms with Crippen molar-refractivity contribution in [2.45, 2.75) is 13.8 Å². The van der Waals surface area contributed by atoms with Gasteiger partial charge in [-0.15, -0.1) is 0 Å². The van der Waals surface area contributed by atoms with Crippen LogP contribution in [0.2, 0.25) is 0 Å². The normalized spacial score (nSPS) is 14.9. The minimum absolute atomic E-state index is 0.343. The van der Waals surface area contributed by atoms with Crippen LogP contribution < -0.4 is 10.1 Å². The summed E-state index contributed by atoms with van der Waals surface area (Å²) in [6, 6.07) is 21.8. The SMILES string of the molecule is Cc1ccc(-c2cccc(Oc3ccc(/C=C4\SC(=O)NC4=O)cc3)c2)c(C)c1. The van der Waals surface area contributed by atoms with E-state index in [9.17, 15) is 9.59 Å². The largest absolute Gasteiger partial charge is 0.457 e. The average Bonchev–Trinajstić information content (AvgIpc) is 3.00. The summed E-state index contributed by atoms with van der Waals surface area (Å²) in [7, 11) is 0. The highest BCUT2D eigenvalue weighted by atomic mass is 32.2. The molecule has 1 saturated heterocycles. The summed E-state index contributed by atoms with van der Waals surface area (Å²) in [6.07, 6.45) is 1.69. The molecule has 1 fully saturated rings. The molecule has 0 unspecified atom stereocenters. The summed E-state index contributed by atoms with van der Waals surface area (Å²) in [5.41, 5.74) is 5.59. The number of aryl methyl sites for hydroxylation is 2. The highest BCUT2D eigenvalue weighted by Gasteiger charge is 2.24. The van der Waals surface area contributed by atoms with Crippen LogP contribution >= 0.6 is 11.8 Å². The molecule has 2 amide bonds. The highest BCUT2D eigenvalue weighted by molar-refractivity contribution is 8.18. The number of nitrogens with one attached hydrogen (secondary N) is 1. The smallest absolute Gasteiger partial charge is 0.290 e. The zero-order valence-corrected chi connectivity index (χ0v) is 16.9. The number of thioether (sulfide) groups is 1. The second kappa shape index (κ2) is 7.97. The van der Waals surface area contributed by atoms with Crippen molar-refractivity contribution in [3.63, 3.8) is 0 Å². The molecule has 0 aliphatic carbocycles. The van der Waals surface area contributed by atoms with Gasteiger partial charge in [0.25, 0.3) is 11.1 Å². The van der Waals surface area contributed by atoms with Crippen LogP contribution in [0.3, 0.4) is 0 Å². The predicted octanol–water partition coefficient (Wildman–Crippen LogP) is 6.09. The highest BCUT2D eigenvalue weighted by Crippen LogP contribution is 2.30. The first kappa shape index (κ1) is 19.0. The molecule has 3 aromatic rings. The van der Waals surface area contributed by atoms with Gasteiger partial charge in [0.1, 0.15) is 11.5 Å². The van der Waals surface area contributed by atoms with Gasteiger partial charge in [-0.2, -0.15) is 0 Å². The number of benzene rings is 3. The van der Waals surface area contributed by atoms with Gasteiger partial charge in [0.05, 0.1) is 4.91 Å². The molecule has 3 aromatic carbocycles. The second-order valence-electron chi connectivity index (χ2n) is 6.87. The van der Waals surface area contributed by atoms with E-state index >= 15 is 0 Å². The third kappa shape index (κ3) is 4.41. The van der Waals surface area contributed by atoms with E-state index in [0.717, 1.165) is 28.6 Å². The number of imide groups is 1. The van der Waals surface area contributed by atoms with Gasteiger partial charge in [-0.05, 0) is 78.2 Å². The van der Waals surface area contributed by atoms with Crippen molar-refractivity contribution in [3.8, 4) is 22.6 Å². The number of hydrogen-bond acceptors (Lipinski definition) is 4. The molecule has 0 bridgehead atoms. The molecule has 0 aromatic heterocycles. The van der Waals surface area contributed by atoms with E-state index in [1.54, 1.807) is 6.08 Å². The van der Waals surface area contributed by atoms with Gasteiger partial charge in [0, 0.05) is 0 Å². The molecule has 29 heavy (non-hydrogen) atoms. The average molecular weight is 401 g/mol. The minimum atomic E-state index is -0.358. The lowest BCUT2D eigenvalue weighted by molar-refractivity contribution is -0.115. The summed E-state index contributed by atoms with van der Waals surface area (Å²) in [6.45, 7) is 4.20. The Labute approximate surface area is 173 Å². The fourth-order valence-corrected chi connectivity index (χ4v) is 3.89. The van der Waals surface area contributed by atoms with Crippen molar-refractivity contribution in [3.05, 3.63) is 88.3 Å². The van der Waals surface area contributed by atoms with Crippen LogP contribution in [0.4, 0.5) is 4.79 Å². The van der Waals surface area contributed by atoms with Gasteiger partial charge in [-0.1, -0.05) is 48.0 Å². The Kier molecular flexibility index (Phi) is 5.23. The first-order valence-electron chi connectivity index (χ1n) is 9.18. The lowest BCUT2D eigenvalue weighted by atomic mass is 9.99. The molecule has 4 rings (SSSR count). The third-order valence-corrected chi connectivity index (χ3v) is 5.39. The van der Waals surface area contributed by atoms with Gasteiger partial charge in [0.15, 0.2) is 0 Å². The first-order chi connectivity index (χ1) is 14.0. The predicted molar refractivity (Wildman–Crippen MR) is 117 cm³/mol. The summed E-state index contributed by atoms with van der Waals surface area (Å²) in [4.78, 5) is 23.3. The van der Waals surface area contributed by atoms with Crippen molar-refractivity contribution >= 4 is 29.0 Å². The molecular weight excluding hydrogens is 382 g/mol. The Bertz CT molecular complexity index is 1130. The van der Waals surface area contributed by atoms with E-state index in [2.05, 4.69) is 43.4 Å². The number of hydrogen-bond donors (Lipinski definition) is 1. The molecule has 0 spiro atoms. The number of amides is 2. The van der Waals surface area contributed by atoms with Gasteiger partial charge in [-0.25, -0.2) is 0 Å². The fraction of sp³-hybridized carbons (Fsp3) is 0.0833. The first-order valence-corrected chi connectivity index (χ1v) is 10.00. The van der Waals surface area contributed by atoms with Crippen molar-refractivity contribution in [1.82, 2.24) is 5.32 Å². The Balaban J connectivity index is 1.52. The Morgan fingerprint density at radius 2 is 1.69 bits per heavy atom. The van der Waals surface area contributed by atoms with Crippen LogP contribution in [0.5, 0.6) is 11.5 Å². The van der Waals surface area contributed by atoms with E-state index in [-0.39, 0.29) is 11.1 Å². The van der Waals surface area contributed by atoms with Gasteiger partial charge >= 0.3 is 0 Å². The number of ether oxygens (including phenoxy) is 1. The molecule has 5 heteroatoms. The second-order valence-corrected chi connectivity index (χ2v) is 7.88. The van der Waals surface area contributed by atoms with E-state index in [4.69, 9.17) is 4.74 Å². The van der Waals surface area contributed by atoms with Crippen molar-refractivity contribution in [2.75, 3.05) is 0 Å². The van der Waals surface area contributed by atoms with E-state index in [0.29, 0.717) is 10.7 Å². The molecule has 4 nitrogen and oxygen atoms in total. The molecule has 1 N–H and O–H groups in total. The Morgan fingerprint density at radius 3 is 2.38 bits per heavy atom. The van der Waals surface area contributed by atoms with Crippen LogP contribution in [-0.2, 0) is 4.79 Å². The quantitative estimate of drug-likeness (QED) is 0.538. The molecule has 0 radical (unpaired) electrons. The molecular formula is C24H19NO3S. The van der Waals surface area contributed by atoms with Crippen LogP contribution in [0.15, 0.2) is 71.6 Å². The van der Waals surface area contributed by atoms with Crippen LogP contribution in [0.1, 0.15) is 16.7 Å². The number of carbonyl (C=O) groups excluding carboxylic acids is 2. The monoisotopic (exact) mass is 401 g/mol. The standard InChI is InChI=1S/C24H19NO3S/c1-15-6-11-21(16(2)12-15)18-4-3-5-20(14-18)28-19-9-7-17(8-10-19)13-22-23(26)25-24(27)29-22/h3-14H,1-2H3,(H,25,26,27)/b22-13-. The molecule has 0 atom stereocenters. The number of rotatable bonds is 4. The number of carbonyl (C=O) groups is 2. The van der Waals surface area contributed by atoms with Crippen molar-refractivity contribution in [2.24, 2.45) is 0 Å². The van der Waals surface area contributed by atoms with Crippen molar-refractivity contribution < 1.29 is 14.3 Å². The molecule has 0 saturated carbocycles. The van der Waals surface area contributed by atoms with Gasteiger partial charge in [-0.3, -0.25) is 14.9 Å². The lowest BCUT2D eigenvalue weighted by Crippen LogP contribution is -2.17. The molecule has 1 aliphatic heterocycles.